The van der Waals surface area contributed by atoms with Crippen LogP contribution in [-0.4, -0.2) is 26.6 Å². The summed E-state index contributed by atoms with van der Waals surface area (Å²) in [6, 6.07) is 13.7. The van der Waals surface area contributed by atoms with Gasteiger partial charge < -0.3 is 0 Å². The number of carbonyl (C=O) groups is 2. The van der Waals surface area contributed by atoms with Crippen LogP contribution in [0.1, 0.15) is 43.2 Å². The molecule has 0 unspecified atom stereocenters. The number of rotatable bonds is 1. The van der Waals surface area contributed by atoms with Crippen molar-refractivity contribution >= 4 is 11.6 Å². The molecule has 0 amide bonds. The first-order chi connectivity index (χ1) is 11.6. The molecule has 0 aliphatic heterocycles. The molecule has 4 rings (SSSR count). The molecule has 0 N–H and O–H groups in total. The monoisotopic (exact) mass is 314 g/mol. The number of aromatic nitrogens is 3. The van der Waals surface area contributed by atoms with Crippen molar-refractivity contribution in [1.29, 1.82) is 5.26 Å². The normalized spacial score (nSPS) is 12.5. The van der Waals surface area contributed by atoms with Crippen molar-refractivity contribution in [2.24, 2.45) is 0 Å². The Morgan fingerprint density at radius 2 is 1.62 bits per heavy atom. The lowest BCUT2D eigenvalue weighted by Gasteiger charge is -2.20. The first-order valence-electron chi connectivity index (χ1n) is 7.27. The summed E-state index contributed by atoms with van der Waals surface area (Å²) in [6.07, 6.45) is 0. The molecule has 1 heterocycles. The van der Waals surface area contributed by atoms with E-state index in [0.29, 0.717) is 33.6 Å². The molecule has 1 aromatic heterocycles. The smallest absolute Gasteiger partial charge is 0.196 e. The predicted octanol–water partition coefficient (Wildman–Crippen LogP) is 2.22. The maximum Gasteiger partial charge on any atom is 0.196 e. The molecule has 1 aliphatic carbocycles. The highest BCUT2D eigenvalue weighted by Crippen LogP contribution is 2.31. The largest absolute Gasteiger partial charge is 0.289 e. The average molecular weight is 314 g/mol. The van der Waals surface area contributed by atoms with Crippen molar-refractivity contribution in [3.05, 3.63) is 76.1 Å². The van der Waals surface area contributed by atoms with Gasteiger partial charge in [0.25, 0.3) is 0 Å². The second-order valence-electron chi connectivity index (χ2n) is 5.45. The van der Waals surface area contributed by atoms with Gasteiger partial charge >= 0.3 is 0 Å². The van der Waals surface area contributed by atoms with Crippen LogP contribution in [0.2, 0.25) is 0 Å². The average Bonchev–Trinajstić information content (AvgIpc) is 2.99. The van der Waals surface area contributed by atoms with Gasteiger partial charge in [0, 0.05) is 16.7 Å². The molecule has 6 heteroatoms. The van der Waals surface area contributed by atoms with Gasteiger partial charge in [0.2, 0.25) is 0 Å². The summed E-state index contributed by atoms with van der Waals surface area (Å²) in [5, 5.41) is 16.8. The Morgan fingerprint density at radius 3 is 2.29 bits per heavy atom. The Labute approximate surface area is 137 Å². The van der Waals surface area contributed by atoms with E-state index in [-0.39, 0.29) is 17.3 Å². The lowest BCUT2D eigenvalue weighted by atomic mass is 9.83. The van der Waals surface area contributed by atoms with E-state index in [0.717, 1.165) is 0 Å². The molecule has 6 nitrogen and oxygen atoms in total. The van der Waals surface area contributed by atoms with Crippen LogP contribution in [0, 0.1) is 18.3 Å². The second kappa shape index (κ2) is 4.96. The highest BCUT2D eigenvalue weighted by molar-refractivity contribution is 6.29. The van der Waals surface area contributed by atoms with Gasteiger partial charge in [0.1, 0.15) is 6.07 Å². The van der Waals surface area contributed by atoms with E-state index in [9.17, 15) is 9.59 Å². The van der Waals surface area contributed by atoms with E-state index in [1.807, 2.05) is 6.07 Å². The van der Waals surface area contributed by atoms with E-state index >= 15 is 0 Å². The van der Waals surface area contributed by atoms with Gasteiger partial charge in [-0.25, -0.2) is 4.68 Å². The van der Waals surface area contributed by atoms with Crippen LogP contribution in [-0.2, 0) is 0 Å². The van der Waals surface area contributed by atoms with Gasteiger partial charge in [0.15, 0.2) is 17.3 Å². The number of nitrogens with zero attached hydrogens (tertiary/aromatic N) is 4. The number of hydrogen-bond donors (Lipinski definition) is 0. The minimum absolute atomic E-state index is 0.183. The molecule has 0 bridgehead atoms. The standard InChI is InChI=1S/C18H10N4O2/c1-10-14(9-19)20-21-22(10)15-8-4-7-13-16(15)18(24)12-6-3-2-5-11(12)17(13)23/h2-8H,1H3. The summed E-state index contributed by atoms with van der Waals surface area (Å²) >= 11 is 0. The Morgan fingerprint density at radius 1 is 0.958 bits per heavy atom. The SMILES string of the molecule is Cc1c(C#N)nnn1-c1cccc2c1C(=O)c1ccccc1C2=O. The third-order valence-electron chi connectivity index (χ3n) is 4.16. The van der Waals surface area contributed by atoms with Crippen molar-refractivity contribution in [2.45, 2.75) is 6.92 Å². The highest BCUT2D eigenvalue weighted by Gasteiger charge is 2.32. The third kappa shape index (κ3) is 1.75. The van der Waals surface area contributed by atoms with Crippen molar-refractivity contribution in [2.75, 3.05) is 0 Å². The molecule has 0 atom stereocenters. The van der Waals surface area contributed by atoms with E-state index in [1.54, 1.807) is 49.4 Å². The van der Waals surface area contributed by atoms with E-state index in [4.69, 9.17) is 5.26 Å². The predicted molar refractivity (Wildman–Crippen MR) is 84.1 cm³/mol. The fraction of sp³-hybridized carbons (Fsp3) is 0.0556. The van der Waals surface area contributed by atoms with Crippen LogP contribution in [0.5, 0.6) is 0 Å². The van der Waals surface area contributed by atoms with E-state index in [1.165, 1.54) is 4.68 Å². The van der Waals surface area contributed by atoms with Crippen LogP contribution in [0.25, 0.3) is 5.69 Å². The van der Waals surface area contributed by atoms with Crippen molar-refractivity contribution in [3.8, 4) is 11.8 Å². The molecule has 1 aliphatic rings. The molecule has 114 valence electrons. The molecule has 24 heavy (non-hydrogen) atoms. The maximum absolute atomic E-state index is 13.0. The van der Waals surface area contributed by atoms with Gasteiger partial charge in [-0.3, -0.25) is 9.59 Å². The molecule has 2 aromatic carbocycles. The molecule has 0 saturated carbocycles. The molecular weight excluding hydrogens is 304 g/mol. The quantitative estimate of drug-likeness (QED) is 0.537. The number of carbonyl (C=O) groups excluding carboxylic acids is 2. The first-order valence-corrected chi connectivity index (χ1v) is 7.27. The van der Waals surface area contributed by atoms with E-state index < -0.39 is 0 Å². The van der Waals surface area contributed by atoms with E-state index in [2.05, 4.69) is 10.3 Å². The zero-order chi connectivity index (χ0) is 16.8. The maximum atomic E-state index is 13.0. The van der Waals surface area contributed by atoms with Crippen LogP contribution in [0.3, 0.4) is 0 Å². The summed E-state index contributed by atoms with van der Waals surface area (Å²) < 4.78 is 1.43. The highest BCUT2D eigenvalue weighted by atomic mass is 16.1. The fourth-order valence-electron chi connectivity index (χ4n) is 2.96. The Kier molecular flexibility index (Phi) is 2.90. The number of ketones is 2. The molecular formula is C18H10N4O2. The van der Waals surface area contributed by atoms with Gasteiger partial charge in [-0.15, -0.1) is 5.10 Å². The van der Waals surface area contributed by atoms with Crippen molar-refractivity contribution in [1.82, 2.24) is 15.0 Å². The topological polar surface area (TPSA) is 88.6 Å². The Hall–Kier alpha value is -3.59. The van der Waals surface area contributed by atoms with Crippen LogP contribution in [0.4, 0.5) is 0 Å². The fourth-order valence-corrected chi connectivity index (χ4v) is 2.96. The molecule has 0 saturated heterocycles. The number of benzene rings is 2. The zero-order valence-corrected chi connectivity index (χ0v) is 12.6. The Bertz CT molecular complexity index is 1070. The Balaban J connectivity index is 2.02. The summed E-state index contributed by atoms with van der Waals surface area (Å²) in [5.41, 5.74) is 2.56. The lowest BCUT2D eigenvalue weighted by molar-refractivity contribution is 0.0979. The van der Waals surface area contributed by atoms with Gasteiger partial charge in [-0.05, 0) is 13.0 Å². The number of fused-ring (bicyclic) bond motifs is 2. The summed E-state index contributed by atoms with van der Waals surface area (Å²) in [5.74, 6) is -0.426. The summed E-state index contributed by atoms with van der Waals surface area (Å²) in [6.45, 7) is 1.70. The van der Waals surface area contributed by atoms with Crippen LogP contribution >= 0.6 is 0 Å². The van der Waals surface area contributed by atoms with Crippen molar-refractivity contribution in [3.63, 3.8) is 0 Å². The zero-order valence-electron chi connectivity index (χ0n) is 12.6. The molecule has 0 fully saturated rings. The van der Waals surface area contributed by atoms with Crippen molar-refractivity contribution < 1.29 is 9.59 Å². The lowest BCUT2D eigenvalue weighted by Crippen LogP contribution is -2.23. The second-order valence-corrected chi connectivity index (χ2v) is 5.45. The summed E-state index contributed by atoms with van der Waals surface area (Å²) in [7, 11) is 0. The minimum Gasteiger partial charge on any atom is -0.289 e. The minimum atomic E-state index is -0.232. The molecule has 0 radical (unpaired) electrons. The third-order valence-corrected chi connectivity index (χ3v) is 4.16. The summed E-state index contributed by atoms with van der Waals surface area (Å²) in [4.78, 5) is 25.7. The van der Waals surface area contributed by atoms with Crippen LogP contribution in [0.15, 0.2) is 42.5 Å². The number of hydrogen-bond acceptors (Lipinski definition) is 5. The molecule has 0 spiro atoms. The van der Waals surface area contributed by atoms with Gasteiger partial charge in [-0.2, -0.15) is 5.26 Å². The first kappa shape index (κ1) is 14.0. The molecule has 3 aromatic rings. The van der Waals surface area contributed by atoms with Gasteiger partial charge in [-0.1, -0.05) is 41.6 Å². The van der Waals surface area contributed by atoms with Gasteiger partial charge in [0.05, 0.1) is 16.9 Å². The number of nitriles is 1. The van der Waals surface area contributed by atoms with Crippen LogP contribution < -0.4 is 0 Å².